The first-order valence-electron chi connectivity index (χ1n) is 7.90. The number of hydrogen-bond acceptors (Lipinski definition) is 3. The molecule has 0 radical (unpaired) electrons. The molecule has 0 amide bonds. The van der Waals surface area contributed by atoms with Crippen molar-refractivity contribution < 1.29 is 4.74 Å². The Hall–Kier alpha value is -1.46. The van der Waals surface area contributed by atoms with Gasteiger partial charge in [0.2, 0.25) is 0 Å². The van der Waals surface area contributed by atoms with Crippen LogP contribution in [0.1, 0.15) is 31.4 Å². The van der Waals surface area contributed by atoms with Crippen molar-refractivity contribution in [3.63, 3.8) is 0 Å². The van der Waals surface area contributed by atoms with Gasteiger partial charge in [0.15, 0.2) is 5.96 Å². The van der Waals surface area contributed by atoms with Crippen LogP contribution in [0.2, 0.25) is 5.02 Å². The summed E-state index contributed by atoms with van der Waals surface area (Å²) in [5, 5.41) is 3.93. The molecule has 22 heavy (non-hydrogen) atoms. The van der Waals surface area contributed by atoms with E-state index in [1.807, 2.05) is 18.2 Å². The normalized spacial score (nSPS) is 25.1. The van der Waals surface area contributed by atoms with Gasteiger partial charge in [-0.1, -0.05) is 24.6 Å². The maximum Gasteiger partial charge on any atom is 0.189 e. The van der Waals surface area contributed by atoms with E-state index in [-0.39, 0.29) is 6.04 Å². The molecule has 1 aromatic rings. The summed E-state index contributed by atoms with van der Waals surface area (Å²) in [6.45, 7) is 5.71. The SMILES string of the molecule is CCN1CCCC1CN=C(N)NC1COc2cccc(Cl)c21. The highest BCUT2D eigenvalue weighted by atomic mass is 35.5. The van der Waals surface area contributed by atoms with E-state index in [1.165, 1.54) is 19.4 Å². The molecule has 2 heterocycles. The van der Waals surface area contributed by atoms with Gasteiger partial charge in [-0.15, -0.1) is 0 Å². The number of likely N-dealkylation sites (N-methyl/N-ethyl adjacent to an activating group) is 1. The van der Waals surface area contributed by atoms with Gasteiger partial charge in [-0.3, -0.25) is 9.89 Å². The molecule has 2 unspecified atom stereocenters. The summed E-state index contributed by atoms with van der Waals surface area (Å²) in [6, 6.07) is 6.17. The van der Waals surface area contributed by atoms with E-state index in [1.54, 1.807) is 0 Å². The van der Waals surface area contributed by atoms with Crippen molar-refractivity contribution in [3.8, 4) is 5.75 Å². The Morgan fingerprint density at radius 3 is 3.23 bits per heavy atom. The highest BCUT2D eigenvalue weighted by molar-refractivity contribution is 6.31. The Kier molecular flexibility index (Phi) is 4.74. The molecule has 0 aliphatic carbocycles. The smallest absolute Gasteiger partial charge is 0.189 e. The molecule has 2 atom stereocenters. The number of nitrogens with one attached hydrogen (secondary N) is 1. The fourth-order valence-corrected chi connectivity index (χ4v) is 3.60. The molecule has 1 fully saturated rings. The fraction of sp³-hybridized carbons (Fsp3) is 0.562. The van der Waals surface area contributed by atoms with E-state index in [0.29, 0.717) is 23.6 Å². The number of rotatable bonds is 4. The number of nitrogens with two attached hydrogens (primary N) is 1. The van der Waals surface area contributed by atoms with Gasteiger partial charge in [-0.25, -0.2) is 0 Å². The van der Waals surface area contributed by atoms with Crippen LogP contribution >= 0.6 is 11.6 Å². The molecule has 1 saturated heterocycles. The number of hydrogen-bond donors (Lipinski definition) is 2. The molecule has 0 aromatic heterocycles. The second-order valence-electron chi connectivity index (χ2n) is 5.81. The average molecular weight is 323 g/mol. The molecule has 5 nitrogen and oxygen atoms in total. The lowest BCUT2D eigenvalue weighted by molar-refractivity contribution is 0.273. The summed E-state index contributed by atoms with van der Waals surface area (Å²) in [5.41, 5.74) is 7.02. The highest BCUT2D eigenvalue weighted by Crippen LogP contribution is 2.37. The number of aliphatic imine (C=N–C) groups is 1. The van der Waals surface area contributed by atoms with Crippen molar-refractivity contribution >= 4 is 17.6 Å². The van der Waals surface area contributed by atoms with Crippen molar-refractivity contribution in [1.29, 1.82) is 0 Å². The molecule has 2 aliphatic heterocycles. The van der Waals surface area contributed by atoms with Crippen LogP contribution in [-0.4, -0.2) is 43.1 Å². The van der Waals surface area contributed by atoms with Crippen molar-refractivity contribution in [2.24, 2.45) is 10.7 Å². The minimum Gasteiger partial charge on any atom is -0.491 e. The highest BCUT2D eigenvalue weighted by Gasteiger charge is 2.27. The van der Waals surface area contributed by atoms with Gasteiger partial charge in [0.25, 0.3) is 0 Å². The number of ether oxygens (including phenoxy) is 1. The van der Waals surface area contributed by atoms with Crippen LogP contribution in [0.4, 0.5) is 0 Å². The number of likely N-dealkylation sites (tertiary alicyclic amines) is 1. The number of fused-ring (bicyclic) bond motifs is 1. The van der Waals surface area contributed by atoms with Crippen molar-refractivity contribution in [1.82, 2.24) is 10.2 Å². The predicted octanol–water partition coefficient (Wildman–Crippen LogP) is 2.16. The summed E-state index contributed by atoms with van der Waals surface area (Å²) < 4.78 is 5.64. The minimum atomic E-state index is -0.0293. The first kappa shape index (κ1) is 15.4. The first-order valence-corrected chi connectivity index (χ1v) is 8.28. The molecular formula is C16H23ClN4O. The van der Waals surface area contributed by atoms with Gasteiger partial charge in [0, 0.05) is 16.6 Å². The van der Waals surface area contributed by atoms with E-state index in [4.69, 9.17) is 22.1 Å². The maximum atomic E-state index is 6.26. The van der Waals surface area contributed by atoms with Crippen LogP contribution in [0.3, 0.4) is 0 Å². The predicted molar refractivity (Wildman–Crippen MR) is 89.6 cm³/mol. The van der Waals surface area contributed by atoms with Crippen molar-refractivity contribution in [3.05, 3.63) is 28.8 Å². The largest absolute Gasteiger partial charge is 0.491 e. The summed E-state index contributed by atoms with van der Waals surface area (Å²) >= 11 is 6.26. The Morgan fingerprint density at radius 2 is 2.41 bits per heavy atom. The lowest BCUT2D eigenvalue weighted by Crippen LogP contribution is -2.38. The van der Waals surface area contributed by atoms with Gasteiger partial charge < -0.3 is 15.8 Å². The Bertz CT molecular complexity index is 563. The molecule has 0 spiro atoms. The van der Waals surface area contributed by atoms with Gasteiger partial charge in [0.05, 0.1) is 12.6 Å². The van der Waals surface area contributed by atoms with Gasteiger partial charge in [-0.05, 0) is 38.1 Å². The number of halogens is 1. The average Bonchev–Trinajstić information content (AvgIpc) is 3.12. The first-order chi connectivity index (χ1) is 10.7. The summed E-state index contributed by atoms with van der Waals surface area (Å²) in [4.78, 5) is 6.97. The molecule has 1 aromatic carbocycles. The summed E-state index contributed by atoms with van der Waals surface area (Å²) in [5.74, 6) is 1.29. The molecule has 3 N–H and O–H groups in total. The monoisotopic (exact) mass is 322 g/mol. The Balaban J connectivity index is 1.61. The van der Waals surface area contributed by atoms with Crippen molar-refractivity contribution in [2.75, 3.05) is 26.2 Å². The lowest BCUT2D eigenvalue weighted by Gasteiger charge is -2.21. The van der Waals surface area contributed by atoms with E-state index in [2.05, 4.69) is 22.1 Å². The van der Waals surface area contributed by atoms with Crippen LogP contribution in [0, 0.1) is 0 Å². The van der Waals surface area contributed by atoms with Crippen LogP contribution < -0.4 is 15.8 Å². The summed E-state index contributed by atoms with van der Waals surface area (Å²) in [6.07, 6.45) is 2.45. The third-order valence-corrected chi connectivity index (χ3v) is 4.80. The second-order valence-corrected chi connectivity index (χ2v) is 6.22. The number of nitrogens with zero attached hydrogens (tertiary/aromatic N) is 2. The Labute approximate surface area is 136 Å². The second kappa shape index (κ2) is 6.75. The Morgan fingerprint density at radius 1 is 1.55 bits per heavy atom. The number of benzene rings is 1. The molecule has 0 bridgehead atoms. The molecule has 3 rings (SSSR count). The molecule has 6 heteroatoms. The van der Waals surface area contributed by atoms with Gasteiger partial charge in [0.1, 0.15) is 12.4 Å². The van der Waals surface area contributed by atoms with Crippen molar-refractivity contribution in [2.45, 2.75) is 31.8 Å². The van der Waals surface area contributed by atoms with E-state index in [0.717, 1.165) is 24.4 Å². The summed E-state index contributed by atoms with van der Waals surface area (Å²) in [7, 11) is 0. The number of guanidine groups is 1. The standard InChI is InChI=1S/C16H23ClN4O/c1-2-21-8-4-5-11(21)9-19-16(18)20-13-10-22-14-7-3-6-12(17)15(13)14/h3,6-7,11,13H,2,4-5,8-10H2,1H3,(H3,18,19,20). The van der Waals surface area contributed by atoms with E-state index in [9.17, 15) is 0 Å². The topological polar surface area (TPSA) is 62.9 Å². The van der Waals surface area contributed by atoms with Crippen LogP contribution in [0.25, 0.3) is 0 Å². The molecule has 0 saturated carbocycles. The minimum absolute atomic E-state index is 0.0293. The third kappa shape index (κ3) is 3.15. The molecule has 2 aliphatic rings. The fourth-order valence-electron chi connectivity index (χ4n) is 3.30. The van der Waals surface area contributed by atoms with Gasteiger partial charge >= 0.3 is 0 Å². The lowest BCUT2D eigenvalue weighted by atomic mass is 10.1. The zero-order valence-electron chi connectivity index (χ0n) is 12.9. The zero-order valence-corrected chi connectivity index (χ0v) is 13.6. The molecular weight excluding hydrogens is 300 g/mol. The van der Waals surface area contributed by atoms with Crippen LogP contribution in [0.15, 0.2) is 23.2 Å². The zero-order chi connectivity index (χ0) is 15.5. The third-order valence-electron chi connectivity index (χ3n) is 4.47. The van der Waals surface area contributed by atoms with Crippen LogP contribution in [0.5, 0.6) is 5.75 Å². The van der Waals surface area contributed by atoms with E-state index < -0.39 is 0 Å². The quantitative estimate of drug-likeness (QED) is 0.658. The van der Waals surface area contributed by atoms with E-state index >= 15 is 0 Å². The van der Waals surface area contributed by atoms with Crippen LogP contribution in [-0.2, 0) is 0 Å². The maximum absolute atomic E-state index is 6.26. The molecule has 120 valence electrons. The van der Waals surface area contributed by atoms with Gasteiger partial charge in [-0.2, -0.15) is 0 Å².